The first-order chi connectivity index (χ1) is 16.7. The molecule has 4 aliphatic carbocycles. The molecule has 8 heteroatoms. The number of rotatable bonds is 4. The molecule has 0 heterocycles. The van der Waals surface area contributed by atoms with Gasteiger partial charge in [-0.25, -0.2) is 4.39 Å². The average Bonchev–Trinajstić information content (AvgIpc) is 3.04. The molecule has 3 saturated carbocycles. The molecule has 0 aromatic carbocycles. The van der Waals surface area contributed by atoms with Crippen LogP contribution in [0.2, 0.25) is 0 Å². The van der Waals surface area contributed by atoms with Crippen molar-refractivity contribution in [3.8, 4) is 0 Å². The third kappa shape index (κ3) is 3.39. The molecule has 0 aromatic rings. The number of aliphatic hydroxyl groups excluding tert-OH is 1. The van der Waals surface area contributed by atoms with Crippen molar-refractivity contribution < 1.29 is 33.4 Å². The van der Waals surface area contributed by atoms with E-state index in [-0.39, 0.29) is 42.0 Å². The van der Waals surface area contributed by atoms with Gasteiger partial charge in [0.2, 0.25) is 5.12 Å². The first-order valence-corrected chi connectivity index (χ1v) is 13.8. The van der Waals surface area contributed by atoms with Gasteiger partial charge in [0.25, 0.3) is 0 Å². The monoisotopic (exact) mass is 520 g/mol. The van der Waals surface area contributed by atoms with Crippen molar-refractivity contribution in [2.24, 2.45) is 34.5 Å². The maximum Gasteiger partial charge on any atom is 0.306 e. The fraction of sp³-hybridized carbons (Fsp3) is 0.714. The van der Waals surface area contributed by atoms with Crippen molar-refractivity contribution in [3.63, 3.8) is 0 Å². The van der Waals surface area contributed by atoms with E-state index in [1.165, 1.54) is 12.2 Å². The lowest BCUT2D eigenvalue weighted by Crippen LogP contribution is -2.70. The van der Waals surface area contributed by atoms with Crippen LogP contribution in [0, 0.1) is 34.5 Å². The van der Waals surface area contributed by atoms with Crippen LogP contribution < -0.4 is 0 Å². The summed E-state index contributed by atoms with van der Waals surface area (Å²) < 4.78 is 23.5. The van der Waals surface area contributed by atoms with E-state index in [2.05, 4.69) is 0 Å². The Bertz CT molecular complexity index is 1070. The minimum Gasteiger partial charge on any atom is -0.449 e. The molecule has 0 bridgehead atoms. The zero-order chi connectivity index (χ0) is 26.8. The van der Waals surface area contributed by atoms with Gasteiger partial charge >= 0.3 is 5.97 Å². The second-order valence-electron chi connectivity index (χ2n) is 11.6. The summed E-state index contributed by atoms with van der Waals surface area (Å²) in [5.41, 5.74) is -5.27. The van der Waals surface area contributed by atoms with Crippen molar-refractivity contribution in [1.82, 2.24) is 0 Å². The summed E-state index contributed by atoms with van der Waals surface area (Å²) >= 11 is 0.566. The van der Waals surface area contributed by atoms with Gasteiger partial charge in [-0.2, -0.15) is 0 Å². The standard InChI is InChI=1S/C28H37FO6S/c1-7-22(32)35-28(24(34)36-23(33)8-2)16(4)12-19-20-11-15(3)18-13-17(30)9-10-25(18,5)27(20,29)21(31)14-26(19,28)6/h9-10,13,15-16,19-21,31H,7-8,11-12,14H2,1-6H3/t15-,16+,19?,20?,21-,25-,26-,27-,28-/m0/s1. The van der Waals surface area contributed by atoms with Gasteiger partial charge < -0.3 is 9.84 Å². The molecule has 36 heavy (non-hydrogen) atoms. The number of halogens is 1. The Kier molecular flexibility index (Phi) is 6.73. The molecule has 0 aliphatic heterocycles. The number of thioether (sulfide) groups is 1. The Morgan fingerprint density at radius 3 is 2.42 bits per heavy atom. The van der Waals surface area contributed by atoms with E-state index in [4.69, 9.17) is 4.74 Å². The Morgan fingerprint density at radius 1 is 1.14 bits per heavy atom. The molecular formula is C28H37FO6S. The molecule has 2 unspecified atom stereocenters. The molecule has 6 nitrogen and oxygen atoms in total. The van der Waals surface area contributed by atoms with Gasteiger partial charge in [-0.15, -0.1) is 0 Å². The van der Waals surface area contributed by atoms with Crippen LogP contribution in [0.3, 0.4) is 0 Å². The Labute approximate surface area is 216 Å². The number of hydrogen-bond acceptors (Lipinski definition) is 7. The van der Waals surface area contributed by atoms with E-state index in [1.54, 1.807) is 26.8 Å². The normalized spacial score (nSPS) is 45.3. The fourth-order valence-corrected chi connectivity index (χ4v) is 9.10. The molecule has 0 amide bonds. The number of ketones is 1. The predicted octanol–water partition coefficient (Wildman–Crippen LogP) is 4.74. The molecule has 4 rings (SSSR count). The van der Waals surface area contributed by atoms with Crippen LogP contribution in [0.25, 0.3) is 0 Å². The van der Waals surface area contributed by atoms with Crippen molar-refractivity contribution in [2.45, 2.75) is 91.0 Å². The fourth-order valence-electron chi connectivity index (χ4n) is 8.12. The van der Waals surface area contributed by atoms with Crippen LogP contribution >= 0.6 is 11.8 Å². The van der Waals surface area contributed by atoms with Gasteiger partial charge in [0.1, 0.15) is 0 Å². The third-order valence-electron chi connectivity index (χ3n) is 9.87. The van der Waals surface area contributed by atoms with Crippen molar-refractivity contribution >= 4 is 33.7 Å². The van der Waals surface area contributed by atoms with Crippen molar-refractivity contribution in [2.75, 3.05) is 0 Å². The van der Waals surface area contributed by atoms with Gasteiger partial charge in [0, 0.05) is 35.5 Å². The minimum absolute atomic E-state index is 0.0516. The summed E-state index contributed by atoms with van der Waals surface area (Å²) in [4.78, 5) is 51.0. The number of ether oxygens (including phenoxy) is 1. The molecule has 3 fully saturated rings. The Hall–Kier alpha value is -1.80. The molecule has 0 radical (unpaired) electrons. The van der Waals surface area contributed by atoms with Gasteiger partial charge in [-0.3, -0.25) is 19.2 Å². The average molecular weight is 521 g/mol. The van der Waals surface area contributed by atoms with E-state index in [0.717, 1.165) is 0 Å². The second kappa shape index (κ2) is 8.90. The lowest BCUT2D eigenvalue weighted by Gasteiger charge is -2.63. The largest absolute Gasteiger partial charge is 0.449 e. The second-order valence-corrected chi connectivity index (χ2v) is 12.6. The highest BCUT2D eigenvalue weighted by Gasteiger charge is 2.77. The quantitative estimate of drug-likeness (QED) is 0.535. The van der Waals surface area contributed by atoms with Crippen LogP contribution in [0.4, 0.5) is 4.39 Å². The maximum absolute atomic E-state index is 17.5. The zero-order valence-corrected chi connectivity index (χ0v) is 22.7. The first-order valence-electron chi connectivity index (χ1n) is 13.0. The highest BCUT2D eigenvalue weighted by atomic mass is 32.2. The summed E-state index contributed by atoms with van der Waals surface area (Å²) in [6.45, 7) is 10.7. The number of aliphatic hydroxyl groups is 1. The molecular weight excluding hydrogens is 483 g/mol. The summed E-state index contributed by atoms with van der Waals surface area (Å²) in [6.07, 6.45) is 3.94. The number of carbonyl (C=O) groups is 4. The minimum atomic E-state index is -2.06. The van der Waals surface area contributed by atoms with Gasteiger partial charge in [-0.1, -0.05) is 46.3 Å². The van der Waals surface area contributed by atoms with E-state index in [9.17, 15) is 24.3 Å². The first kappa shape index (κ1) is 27.2. The zero-order valence-electron chi connectivity index (χ0n) is 21.9. The smallest absolute Gasteiger partial charge is 0.306 e. The maximum atomic E-state index is 17.5. The molecule has 9 atom stereocenters. The summed E-state index contributed by atoms with van der Waals surface area (Å²) in [5.74, 6) is -2.33. The van der Waals surface area contributed by atoms with Crippen LogP contribution in [-0.2, 0) is 23.9 Å². The molecule has 4 aliphatic rings. The molecule has 1 N–H and O–H groups in total. The van der Waals surface area contributed by atoms with Crippen LogP contribution in [0.15, 0.2) is 23.8 Å². The SMILES string of the molecule is CCC(=O)O[C@]1(C(=O)SC(=O)CC)[C@H](C)CC2C3C[C@H](C)C4=CC(=O)C=C[C@]4(C)[C@@]3(F)[C@@H](O)C[C@@]21C. The number of esters is 1. The number of allylic oxidation sites excluding steroid dienone is 4. The van der Waals surface area contributed by atoms with Crippen molar-refractivity contribution in [1.29, 1.82) is 0 Å². The number of carbonyl (C=O) groups excluding carboxylic acids is 4. The number of fused-ring (bicyclic) bond motifs is 5. The lowest BCUT2D eigenvalue weighted by molar-refractivity contribution is -0.227. The molecule has 0 aromatic heterocycles. The van der Waals surface area contributed by atoms with Gasteiger partial charge in [-0.05, 0) is 61.9 Å². The highest BCUT2D eigenvalue weighted by molar-refractivity contribution is 8.26. The summed E-state index contributed by atoms with van der Waals surface area (Å²) in [7, 11) is 0. The van der Waals surface area contributed by atoms with E-state index in [0.29, 0.717) is 30.2 Å². The summed E-state index contributed by atoms with van der Waals surface area (Å²) in [5, 5.41) is 10.7. The Morgan fingerprint density at radius 2 is 1.81 bits per heavy atom. The van der Waals surface area contributed by atoms with E-state index in [1.807, 2.05) is 20.8 Å². The van der Waals surface area contributed by atoms with E-state index >= 15 is 4.39 Å². The van der Waals surface area contributed by atoms with Crippen LogP contribution in [-0.4, -0.2) is 44.5 Å². The van der Waals surface area contributed by atoms with Gasteiger partial charge in [0.15, 0.2) is 22.2 Å². The molecule has 0 spiro atoms. The number of hydrogen-bond donors (Lipinski definition) is 1. The van der Waals surface area contributed by atoms with Gasteiger partial charge in [0.05, 0.1) is 6.10 Å². The van der Waals surface area contributed by atoms with Crippen LogP contribution in [0.5, 0.6) is 0 Å². The summed E-state index contributed by atoms with van der Waals surface area (Å²) in [6, 6.07) is 0. The lowest BCUT2D eigenvalue weighted by atomic mass is 9.43. The molecule has 198 valence electrons. The predicted molar refractivity (Wildman–Crippen MR) is 134 cm³/mol. The van der Waals surface area contributed by atoms with Crippen molar-refractivity contribution in [3.05, 3.63) is 23.8 Å². The topological polar surface area (TPSA) is 97.7 Å². The van der Waals surface area contributed by atoms with Crippen LogP contribution in [0.1, 0.15) is 73.6 Å². The Balaban J connectivity index is 1.87. The van der Waals surface area contributed by atoms with E-state index < -0.39 is 51.1 Å². The third-order valence-corrected chi connectivity index (χ3v) is 10.9. The number of alkyl halides is 1. The molecule has 0 saturated heterocycles. The highest BCUT2D eigenvalue weighted by Crippen LogP contribution is 2.72.